The highest BCUT2D eigenvalue weighted by molar-refractivity contribution is 5.11. The Morgan fingerprint density at radius 2 is 2.62 bits per heavy atom. The molecule has 3 heteroatoms. The Hall–Kier alpha value is -0.990. The van der Waals surface area contributed by atoms with Crippen LogP contribution in [0.3, 0.4) is 0 Å². The van der Waals surface area contributed by atoms with Crippen molar-refractivity contribution in [2.75, 3.05) is 5.73 Å². The Morgan fingerprint density at radius 1 is 1.88 bits per heavy atom. The van der Waals surface area contributed by atoms with Crippen LogP contribution in [0.1, 0.15) is 12.6 Å². The van der Waals surface area contributed by atoms with Gasteiger partial charge in [0.15, 0.2) is 0 Å². The summed E-state index contributed by atoms with van der Waals surface area (Å²) in [6.45, 7) is 2.00. The Kier molecular flexibility index (Phi) is 1.20. The van der Waals surface area contributed by atoms with Gasteiger partial charge in [-0.1, -0.05) is 6.92 Å². The van der Waals surface area contributed by atoms with Gasteiger partial charge >= 0.3 is 0 Å². The highest BCUT2D eigenvalue weighted by Crippen LogP contribution is 2.01. The van der Waals surface area contributed by atoms with E-state index in [1.807, 2.05) is 6.92 Å². The minimum absolute atomic E-state index is 0.252. The molecule has 1 aromatic rings. The molecule has 0 aliphatic rings. The second-order valence-electron chi connectivity index (χ2n) is 1.53. The zero-order chi connectivity index (χ0) is 5.98. The molecule has 0 saturated carbocycles. The van der Waals surface area contributed by atoms with Crippen molar-refractivity contribution in [2.24, 2.45) is 0 Å². The van der Waals surface area contributed by atoms with Crippen molar-refractivity contribution in [3.63, 3.8) is 0 Å². The van der Waals surface area contributed by atoms with Gasteiger partial charge in [-0.05, 0) is 6.42 Å². The molecule has 8 heavy (non-hydrogen) atoms. The molecule has 0 atom stereocenters. The van der Waals surface area contributed by atoms with Gasteiger partial charge in [-0.15, -0.1) is 0 Å². The average Bonchev–Trinajstić information content (AvgIpc) is 2.14. The van der Waals surface area contributed by atoms with E-state index < -0.39 is 0 Å². The smallest absolute Gasteiger partial charge is 0.292 e. The number of rotatable bonds is 1. The molecule has 0 radical (unpaired) electrons. The lowest BCUT2D eigenvalue weighted by atomic mass is 10.4. The van der Waals surface area contributed by atoms with Crippen LogP contribution in [0.2, 0.25) is 0 Å². The van der Waals surface area contributed by atoms with Gasteiger partial charge in [-0.2, -0.15) is 4.98 Å². The van der Waals surface area contributed by atoms with Gasteiger partial charge in [0.25, 0.3) is 6.01 Å². The largest absolute Gasteiger partial charge is 0.432 e. The predicted molar refractivity (Wildman–Crippen MR) is 30.3 cm³/mol. The summed E-state index contributed by atoms with van der Waals surface area (Å²) in [6.07, 6.45) is 2.44. The molecule has 2 N–H and O–H groups in total. The van der Waals surface area contributed by atoms with Gasteiger partial charge in [-0.25, -0.2) is 0 Å². The molecule has 0 aromatic carbocycles. The van der Waals surface area contributed by atoms with Crippen molar-refractivity contribution < 1.29 is 4.42 Å². The Balaban J connectivity index is 2.84. The molecule has 1 aromatic heterocycles. The summed E-state index contributed by atoms with van der Waals surface area (Å²) in [7, 11) is 0. The molecular weight excluding hydrogens is 104 g/mol. The second-order valence-corrected chi connectivity index (χ2v) is 1.53. The number of nitrogens with zero attached hydrogens (tertiary/aromatic N) is 1. The van der Waals surface area contributed by atoms with E-state index in [-0.39, 0.29) is 6.01 Å². The third-order valence-electron chi connectivity index (χ3n) is 0.932. The van der Waals surface area contributed by atoms with Gasteiger partial charge in [0, 0.05) is 0 Å². The quantitative estimate of drug-likeness (QED) is 0.585. The third-order valence-corrected chi connectivity index (χ3v) is 0.932. The number of nitrogen functional groups attached to an aromatic ring is 1. The minimum atomic E-state index is 0.252. The van der Waals surface area contributed by atoms with Gasteiger partial charge < -0.3 is 10.2 Å². The Bertz CT molecular complexity index is 171. The first kappa shape index (κ1) is 5.15. The standard InChI is InChI=1S/C5H8N2O/c1-2-4-3-8-5(6)7-4/h3H,2H2,1H3,(H2,6,7). The monoisotopic (exact) mass is 112 g/mol. The first-order valence-electron chi connectivity index (χ1n) is 2.53. The maximum absolute atomic E-state index is 5.18. The Morgan fingerprint density at radius 3 is 2.88 bits per heavy atom. The Labute approximate surface area is 47.5 Å². The van der Waals surface area contributed by atoms with Crippen LogP contribution in [0, 0.1) is 0 Å². The van der Waals surface area contributed by atoms with Crippen molar-refractivity contribution >= 4 is 6.01 Å². The summed E-state index contributed by atoms with van der Waals surface area (Å²) in [5, 5.41) is 0. The molecule has 1 rings (SSSR count). The zero-order valence-corrected chi connectivity index (χ0v) is 4.72. The fourth-order valence-electron chi connectivity index (χ4n) is 0.485. The van der Waals surface area contributed by atoms with E-state index in [1.54, 1.807) is 6.26 Å². The summed E-state index contributed by atoms with van der Waals surface area (Å²) in [5.41, 5.74) is 6.08. The van der Waals surface area contributed by atoms with E-state index in [4.69, 9.17) is 10.2 Å². The topological polar surface area (TPSA) is 52.0 Å². The van der Waals surface area contributed by atoms with E-state index in [1.165, 1.54) is 0 Å². The van der Waals surface area contributed by atoms with E-state index in [0.29, 0.717) is 0 Å². The van der Waals surface area contributed by atoms with E-state index >= 15 is 0 Å². The first-order valence-corrected chi connectivity index (χ1v) is 2.53. The molecule has 0 unspecified atom stereocenters. The number of hydrogen-bond donors (Lipinski definition) is 1. The van der Waals surface area contributed by atoms with Crippen LogP contribution >= 0.6 is 0 Å². The number of aromatic nitrogens is 1. The van der Waals surface area contributed by atoms with Crippen LogP contribution < -0.4 is 5.73 Å². The molecular formula is C5H8N2O. The number of aryl methyl sites for hydroxylation is 1. The van der Waals surface area contributed by atoms with E-state index in [9.17, 15) is 0 Å². The molecule has 44 valence electrons. The molecule has 0 saturated heterocycles. The van der Waals surface area contributed by atoms with Crippen molar-refractivity contribution in [3.8, 4) is 0 Å². The minimum Gasteiger partial charge on any atom is -0.432 e. The number of nitrogens with two attached hydrogens (primary N) is 1. The summed E-state index contributed by atoms with van der Waals surface area (Å²) in [4.78, 5) is 3.84. The van der Waals surface area contributed by atoms with Crippen LogP contribution in [0.25, 0.3) is 0 Å². The molecule has 0 amide bonds. The lowest BCUT2D eigenvalue weighted by molar-refractivity contribution is 0.578. The van der Waals surface area contributed by atoms with Gasteiger partial charge in [0.05, 0.1) is 5.69 Å². The van der Waals surface area contributed by atoms with Crippen LogP contribution in [-0.4, -0.2) is 4.98 Å². The predicted octanol–water partition coefficient (Wildman–Crippen LogP) is 0.819. The summed E-state index contributed by atoms with van der Waals surface area (Å²) < 4.78 is 4.72. The fraction of sp³-hybridized carbons (Fsp3) is 0.400. The zero-order valence-electron chi connectivity index (χ0n) is 4.72. The van der Waals surface area contributed by atoms with Crippen LogP contribution in [0.4, 0.5) is 6.01 Å². The lowest BCUT2D eigenvalue weighted by Crippen LogP contribution is -1.84. The maximum Gasteiger partial charge on any atom is 0.292 e. The summed E-state index contributed by atoms with van der Waals surface area (Å²) in [6, 6.07) is 0.252. The van der Waals surface area contributed by atoms with Crippen LogP contribution in [0.5, 0.6) is 0 Å². The van der Waals surface area contributed by atoms with Crippen LogP contribution in [0.15, 0.2) is 10.7 Å². The maximum atomic E-state index is 5.18. The van der Waals surface area contributed by atoms with Gasteiger partial charge in [0.1, 0.15) is 6.26 Å². The van der Waals surface area contributed by atoms with Crippen molar-refractivity contribution in [1.82, 2.24) is 4.98 Å². The van der Waals surface area contributed by atoms with Gasteiger partial charge in [0.2, 0.25) is 0 Å². The number of anilines is 1. The van der Waals surface area contributed by atoms with Crippen molar-refractivity contribution in [3.05, 3.63) is 12.0 Å². The highest BCUT2D eigenvalue weighted by Gasteiger charge is 1.93. The summed E-state index contributed by atoms with van der Waals surface area (Å²) in [5.74, 6) is 0. The molecule has 0 aliphatic carbocycles. The van der Waals surface area contributed by atoms with E-state index in [0.717, 1.165) is 12.1 Å². The molecule has 0 spiro atoms. The fourth-order valence-corrected chi connectivity index (χ4v) is 0.485. The average molecular weight is 112 g/mol. The number of hydrogen-bond acceptors (Lipinski definition) is 3. The molecule has 0 aliphatic heterocycles. The molecule has 3 nitrogen and oxygen atoms in total. The number of oxazole rings is 1. The first-order chi connectivity index (χ1) is 3.83. The SMILES string of the molecule is CCc1coc(N)n1. The molecule has 1 heterocycles. The van der Waals surface area contributed by atoms with Crippen molar-refractivity contribution in [1.29, 1.82) is 0 Å². The second kappa shape index (κ2) is 1.86. The normalized spacial score (nSPS) is 9.62. The van der Waals surface area contributed by atoms with Gasteiger partial charge in [-0.3, -0.25) is 0 Å². The summed E-state index contributed by atoms with van der Waals surface area (Å²) >= 11 is 0. The van der Waals surface area contributed by atoms with Crippen molar-refractivity contribution in [2.45, 2.75) is 13.3 Å². The molecule has 0 fully saturated rings. The third kappa shape index (κ3) is 0.804. The van der Waals surface area contributed by atoms with E-state index in [2.05, 4.69) is 4.98 Å². The molecule has 0 bridgehead atoms. The highest BCUT2D eigenvalue weighted by atomic mass is 16.4. The van der Waals surface area contributed by atoms with Crippen LogP contribution in [-0.2, 0) is 6.42 Å². The lowest BCUT2D eigenvalue weighted by Gasteiger charge is -1.76.